The van der Waals surface area contributed by atoms with Crippen LogP contribution in [0, 0.1) is 0 Å². The van der Waals surface area contributed by atoms with Crippen LogP contribution in [-0.2, 0) is 0 Å². The van der Waals surface area contributed by atoms with Crippen molar-refractivity contribution in [1.29, 1.82) is 0 Å². The van der Waals surface area contributed by atoms with Crippen molar-refractivity contribution in [2.45, 2.75) is 0 Å². The molecule has 0 atom stereocenters. The van der Waals surface area contributed by atoms with Gasteiger partial charge in [-0.1, -0.05) is 103 Å². The summed E-state index contributed by atoms with van der Waals surface area (Å²) in [4.78, 5) is 14.7. The Morgan fingerprint density at radius 2 is 0.961 bits per heavy atom. The fourth-order valence-corrected chi connectivity index (χ4v) is 7.43. The number of rotatable bonds is 4. The molecule has 0 bridgehead atoms. The summed E-state index contributed by atoms with van der Waals surface area (Å²) in [7, 11) is 0. The number of fused-ring (bicyclic) bond motifs is 8. The molecule has 238 valence electrons. The minimum atomic E-state index is 0.596. The molecule has 0 N–H and O–H groups in total. The van der Waals surface area contributed by atoms with Crippen molar-refractivity contribution >= 4 is 43.7 Å². The number of benzene rings is 7. The highest BCUT2D eigenvalue weighted by Crippen LogP contribution is 2.46. The highest BCUT2D eigenvalue weighted by molar-refractivity contribution is 6.13. The molecule has 0 saturated carbocycles. The Morgan fingerprint density at radius 1 is 0.392 bits per heavy atom. The lowest BCUT2D eigenvalue weighted by Crippen LogP contribution is -2.03. The van der Waals surface area contributed by atoms with Crippen LogP contribution in [0.4, 0.5) is 0 Å². The molecule has 11 rings (SSSR count). The number of hydrogen-bond acceptors (Lipinski definition) is 5. The van der Waals surface area contributed by atoms with E-state index in [2.05, 4.69) is 77.4 Å². The van der Waals surface area contributed by atoms with Crippen LogP contribution >= 0.6 is 0 Å². The summed E-state index contributed by atoms with van der Waals surface area (Å²) in [6.45, 7) is 0. The molecule has 51 heavy (non-hydrogen) atoms. The zero-order chi connectivity index (χ0) is 33.5. The average molecular weight is 655 g/mol. The van der Waals surface area contributed by atoms with Crippen molar-refractivity contribution < 1.29 is 9.15 Å². The third-order valence-corrected chi connectivity index (χ3v) is 9.84. The molecule has 1 aliphatic heterocycles. The first-order chi connectivity index (χ1) is 25.2. The lowest BCUT2D eigenvalue weighted by molar-refractivity contribution is 0.476. The number of ether oxygens (including phenoxy) is 1. The van der Waals surface area contributed by atoms with Gasteiger partial charge in [-0.15, -0.1) is 0 Å². The summed E-state index contributed by atoms with van der Waals surface area (Å²) >= 11 is 0. The molecular formula is C45H26N4O2. The standard InChI is InChI=1S/C45H26N4O2/c1-3-10-27(11-4-1)43-46-44(28-12-5-2-6-13-28)48-45(47-43)31-19-22-33-32-21-18-30(25-40(32)51-41(33)26-31)29-20-23-36-35(24-29)34-14-9-17-39-42(34)49(36)37-15-7-8-16-38(37)50-39/h1-26H. The van der Waals surface area contributed by atoms with Gasteiger partial charge in [-0.3, -0.25) is 0 Å². The van der Waals surface area contributed by atoms with Gasteiger partial charge < -0.3 is 13.7 Å². The SMILES string of the molecule is c1ccc(-c2nc(-c3ccccc3)nc(-c3ccc4c(c3)oc3cc(-c5ccc6c(c5)c5cccc7c5n6-c5ccccc5O7)ccc34)n2)cc1. The van der Waals surface area contributed by atoms with Gasteiger partial charge >= 0.3 is 0 Å². The van der Waals surface area contributed by atoms with E-state index < -0.39 is 0 Å². The minimum absolute atomic E-state index is 0.596. The van der Waals surface area contributed by atoms with Crippen LogP contribution in [0.15, 0.2) is 162 Å². The Kier molecular flexibility index (Phi) is 5.86. The van der Waals surface area contributed by atoms with Gasteiger partial charge in [-0.05, 0) is 65.7 Å². The fraction of sp³-hybridized carbons (Fsp3) is 0. The van der Waals surface area contributed by atoms with Crippen LogP contribution in [0.2, 0.25) is 0 Å². The van der Waals surface area contributed by atoms with Gasteiger partial charge in [0.25, 0.3) is 0 Å². The summed E-state index contributed by atoms with van der Waals surface area (Å²) in [6.07, 6.45) is 0. The topological polar surface area (TPSA) is 66.0 Å². The lowest BCUT2D eigenvalue weighted by atomic mass is 10.0. The molecule has 0 saturated heterocycles. The van der Waals surface area contributed by atoms with E-state index in [1.54, 1.807) is 0 Å². The smallest absolute Gasteiger partial charge is 0.164 e. The molecule has 6 heteroatoms. The molecular weight excluding hydrogens is 629 g/mol. The summed E-state index contributed by atoms with van der Waals surface area (Å²) in [5, 5.41) is 4.46. The molecule has 0 unspecified atom stereocenters. The molecule has 10 aromatic rings. The van der Waals surface area contributed by atoms with Gasteiger partial charge in [-0.2, -0.15) is 0 Å². The maximum absolute atomic E-state index is 6.56. The quantitative estimate of drug-likeness (QED) is 0.189. The molecule has 0 aliphatic carbocycles. The Bertz CT molecular complexity index is 2940. The van der Waals surface area contributed by atoms with Gasteiger partial charge in [-0.25, -0.2) is 15.0 Å². The highest BCUT2D eigenvalue weighted by Gasteiger charge is 2.23. The van der Waals surface area contributed by atoms with Crippen molar-refractivity contribution in [3.63, 3.8) is 0 Å². The van der Waals surface area contributed by atoms with E-state index in [9.17, 15) is 0 Å². The minimum Gasteiger partial charge on any atom is -0.456 e. The van der Waals surface area contributed by atoms with Crippen molar-refractivity contribution in [2.24, 2.45) is 0 Å². The van der Waals surface area contributed by atoms with Gasteiger partial charge in [0.05, 0.1) is 16.7 Å². The average Bonchev–Trinajstić information content (AvgIpc) is 3.74. The Balaban J connectivity index is 1.02. The summed E-state index contributed by atoms with van der Waals surface area (Å²) in [6, 6.07) is 53.9. The molecule has 0 fully saturated rings. The molecule has 0 spiro atoms. The van der Waals surface area contributed by atoms with E-state index in [4.69, 9.17) is 24.1 Å². The number of nitrogens with zero attached hydrogens (tertiary/aromatic N) is 4. The zero-order valence-electron chi connectivity index (χ0n) is 27.1. The first kappa shape index (κ1) is 27.9. The normalized spacial score (nSPS) is 12.1. The van der Waals surface area contributed by atoms with E-state index in [1.165, 1.54) is 10.8 Å². The summed E-state index contributed by atoms with van der Waals surface area (Å²) < 4.78 is 15.2. The highest BCUT2D eigenvalue weighted by atomic mass is 16.5. The largest absolute Gasteiger partial charge is 0.456 e. The van der Waals surface area contributed by atoms with E-state index in [0.717, 1.165) is 78.0 Å². The Morgan fingerprint density at radius 3 is 1.69 bits per heavy atom. The first-order valence-corrected chi connectivity index (χ1v) is 16.9. The maximum Gasteiger partial charge on any atom is 0.164 e. The lowest BCUT2D eigenvalue weighted by Gasteiger charge is -2.20. The van der Waals surface area contributed by atoms with Crippen LogP contribution in [-0.4, -0.2) is 19.5 Å². The molecule has 1 aliphatic rings. The van der Waals surface area contributed by atoms with Crippen molar-refractivity contribution in [3.05, 3.63) is 158 Å². The third kappa shape index (κ3) is 4.33. The Hall–Kier alpha value is -7.05. The second kappa shape index (κ2) is 10.7. The van der Waals surface area contributed by atoms with Crippen LogP contribution in [0.3, 0.4) is 0 Å². The zero-order valence-corrected chi connectivity index (χ0v) is 27.1. The molecule has 6 nitrogen and oxygen atoms in total. The Labute approximate surface area is 291 Å². The van der Waals surface area contributed by atoms with Crippen molar-refractivity contribution in [3.8, 4) is 62.5 Å². The predicted molar refractivity (Wildman–Crippen MR) is 203 cm³/mol. The van der Waals surface area contributed by atoms with Crippen molar-refractivity contribution in [1.82, 2.24) is 19.5 Å². The molecule has 3 aromatic heterocycles. The van der Waals surface area contributed by atoms with Crippen LogP contribution in [0.5, 0.6) is 11.5 Å². The predicted octanol–water partition coefficient (Wildman–Crippen LogP) is 11.6. The number of para-hydroxylation sites is 3. The summed E-state index contributed by atoms with van der Waals surface area (Å²) in [5.74, 6) is 3.59. The van der Waals surface area contributed by atoms with E-state index >= 15 is 0 Å². The van der Waals surface area contributed by atoms with Crippen molar-refractivity contribution in [2.75, 3.05) is 0 Å². The van der Waals surface area contributed by atoms with Gasteiger partial charge in [0.1, 0.15) is 11.2 Å². The fourth-order valence-electron chi connectivity index (χ4n) is 7.43. The van der Waals surface area contributed by atoms with Crippen LogP contribution in [0.1, 0.15) is 0 Å². The molecule has 7 aromatic carbocycles. The van der Waals surface area contributed by atoms with Gasteiger partial charge in [0.15, 0.2) is 29.0 Å². The van der Waals surface area contributed by atoms with Gasteiger partial charge in [0.2, 0.25) is 0 Å². The molecule has 0 amide bonds. The second-order valence-corrected chi connectivity index (χ2v) is 12.9. The van der Waals surface area contributed by atoms with Gasteiger partial charge in [0, 0.05) is 38.2 Å². The van der Waals surface area contributed by atoms with E-state index in [1.807, 2.05) is 84.9 Å². The molecule has 0 radical (unpaired) electrons. The second-order valence-electron chi connectivity index (χ2n) is 12.9. The van der Waals surface area contributed by atoms with Crippen LogP contribution in [0.25, 0.3) is 94.7 Å². The van der Waals surface area contributed by atoms with Crippen LogP contribution < -0.4 is 4.74 Å². The maximum atomic E-state index is 6.56. The monoisotopic (exact) mass is 654 g/mol. The number of hydrogen-bond donors (Lipinski definition) is 0. The molecule has 4 heterocycles. The third-order valence-electron chi connectivity index (χ3n) is 9.84. The number of aromatic nitrogens is 4. The van der Waals surface area contributed by atoms with E-state index in [0.29, 0.717) is 17.5 Å². The summed E-state index contributed by atoms with van der Waals surface area (Å²) in [5.41, 5.74) is 9.85. The first-order valence-electron chi connectivity index (χ1n) is 16.9. The van der Waals surface area contributed by atoms with E-state index in [-0.39, 0.29) is 0 Å². The number of furan rings is 1.